The van der Waals surface area contributed by atoms with Crippen LogP contribution in [0.15, 0.2) is 24.5 Å². The molecule has 2 aromatic rings. The number of anilines is 1. The highest BCUT2D eigenvalue weighted by Crippen LogP contribution is 2.21. The Morgan fingerprint density at radius 1 is 1.33 bits per heavy atom. The van der Waals surface area contributed by atoms with Crippen molar-refractivity contribution in [2.45, 2.75) is 45.6 Å². The van der Waals surface area contributed by atoms with Gasteiger partial charge in [-0.15, -0.1) is 0 Å². The standard InChI is InChI=1S/C16H21N3O2/c1-3-4-5-6-11(2)19-15-13-8-7-12(16(20)21)9-14(13)17-10-18-15/h7-11H,3-6H2,1-2H3,(H,20,21)(H,17,18,19). The lowest BCUT2D eigenvalue weighted by Gasteiger charge is -2.15. The van der Waals surface area contributed by atoms with E-state index in [0.717, 1.165) is 17.6 Å². The van der Waals surface area contributed by atoms with Gasteiger partial charge in [0.15, 0.2) is 0 Å². The van der Waals surface area contributed by atoms with Crippen LogP contribution in [-0.2, 0) is 0 Å². The van der Waals surface area contributed by atoms with Gasteiger partial charge in [-0.05, 0) is 31.5 Å². The van der Waals surface area contributed by atoms with Crippen LogP contribution in [-0.4, -0.2) is 27.1 Å². The van der Waals surface area contributed by atoms with Gasteiger partial charge in [-0.25, -0.2) is 14.8 Å². The van der Waals surface area contributed by atoms with E-state index >= 15 is 0 Å². The highest BCUT2D eigenvalue weighted by Gasteiger charge is 2.10. The lowest BCUT2D eigenvalue weighted by molar-refractivity contribution is 0.0697. The highest BCUT2D eigenvalue weighted by atomic mass is 16.4. The molecule has 2 N–H and O–H groups in total. The maximum absolute atomic E-state index is 11.0. The van der Waals surface area contributed by atoms with Crippen molar-refractivity contribution in [2.24, 2.45) is 0 Å². The van der Waals surface area contributed by atoms with Crippen LogP contribution in [0, 0.1) is 0 Å². The van der Waals surface area contributed by atoms with Crippen LogP contribution >= 0.6 is 0 Å². The summed E-state index contributed by atoms with van der Waals surface area (Å²) in [4.78, 5) is 19.4. The first kappa shape index (κ1) is 15.2. The van der Waals surface area contributed by atoms with Gasteiger partial charge in [0, 0.05) is 11.4 Å². The van der Waals surface area contributed by atoms with Crippen LogP contribution in [0.5, 0.6) is 0 Å². The second kappa shape index (κ2) is 7.02. The molecule has 1 aromatic carbocycles. The summed E-state index contributed by atoms with van der Waals surface area (Å²) in [7, 11) is 0. The second-order valence-corrected chi connectivity index (χ2v) is 5.30. The van der Waals surface area contributed by atoms with Crippen molar-refractivity contribution in [1.29, 1.82) is 0 Å². The van der Waals surface area contributed by atoms with Crippen LogP contribution < -0.4 is 5.32 Å². The number of unbranched alkanes of at least 4 members (excludes halogenated alkanes) is 2. The molecule has 2 rings (SSSR count). The van der Waals surface area contributed by atoms with Crippen LogP contribution in [0.4, 0.5) is 5.82 Å². The number of aromatic nitrogens is 2. The Bertz CT molecular complexity index is 628. The van der Waals surface area contributed by atoms with Gasteiger partial charge in [-0.1, -0.05) is 26.2 Å². The highest BCUT2D eigenvalue weighted by molar-refractivity contribution is 5.96. The number of hydrogen-bond donors (Lipinski definition) is 2. The van der Waals surface area contributed by atoms with Crippen LogP contribution in [0.2, 0.25) is 0 Å². The van der Waals surface area contributed by atoms with E-state index in [1.165, 1.54) is 25.6 Å². The predicted octanol–water partition coefficient (Wildman–Crippen LogP) is 3.71. The third-order valence-corrected chi connectivity index (χ3v) is 3.51. The van der Waals surface area contributed by atoms with Crippen LogP contribution in [0.3, 0.4) is 0 Å². The molecule has 0 aliphatic heterocycles. The summed E-state index contributed by atoms with van der Waals surface area (Å²) in [6.45, 7) is 4.32. The molecule has 5 heteroatoms. The van der Waals surface area contributed by atoms with Crippen LogP contribution in [0.1, 0.15) is 49.9 Å². The fraction of sp³-hybridized carbons (Fsp3) is 0.438. The Hall–Kier alpha value is -2.17. The van der Waals surface area contributed by atoms with Crippen molar-refractivity contribution in [2.75, 3.05) is 5.32 Å². The normalized spacial score (nSPS) is 12.3. The topological polar surface area (TPSA) is 75.1 Å². The number of rotatable bonds is 7. The van der Waals surface area contributed by atoms with Crippen molar-refractivity contribution in [3.05, 3.63) is 30.1 Å². The number of benzene rings is 1. The quantitative estimate of drug-likeness (QED) is 0.759. The molecule has 0 aliphatic rings. The molecule has 0 aliphatic carbocycles. The summed E-state index contributed by atoms with van der Waals surface area (Å²) in [6.07, 6.45) is 6.19. The zero-order valence-corrected chi connectivity index (χ0v) is 12.5. The number of aromatic carboxylic acids is 1. The van der Waals surface area contributed by atoms with E-state index in [-0.39, 0.29) is 5.56 Å². The molecular weight excluding hydrogens is 266 g/mol. The predicted molar refractivity (Wildman–Crippen MR) is 83.7 cm³/mol. The van der Waals surface area contributed by atoms with E-state index in [1.54, 1.807) is 18.2 Å². The van der Waals surface area contributed by atoms with E-state index in [9.17, 15) is 4.79 Å². The number of hydrogen-bond acceptors (Lipinski definition) is 4. The molecule has 1 atom stereocenters. The minimum Gasteiger partial charge on any atom is -0.478 e. The first-order valence-corrected chi connectivity index (χ1v) is 7.36. The van der Waals surface area contributed by atoms with Gasteiger partial charge >= 0.3 is 5.97 Å². The van der Waals surface area contributed by atoms with Gasteiger partial charge in [0.05, 0.1) is 11.1 Å². The molecule has 0 spiro atoms. The molecule has 1 heterocycles. The molecule has 1 aromatic heterocycles. The minimum absolute atomic E-state index is 0.239. The average Bonchev–Trinajstić information content (AvgIpc) is 2.47. The Labute approximate surface area is 124 Å². The van der Waals surface area contributed by atoms with Crippen molar-refractivity contribution in [3.63, 3.8) is 0 Å². The van der Waals surface area contributed by atoms with Gasteiger partial charge in [-0.2, -0.15) is 0 Å². The molecule has 0 amide bonds. The molecular formula is C16H21N3O2. The zero-order valence-electron chi connectivity index (χ0n) is 12.5. The van der Waals surface area contributed by atoms with E-state index in [1.807, 2.05) is 0 Å². The van der Waals surface area contributed by atoms with E-state index < -0.39 is 5.97 Å². The summed E-state index contributed by atoms with van der Waals surface area (Å²) >= 11 is 0. The van der Waals surface area contributed by atoms with Gasteiger partial charge in [-0.3, -0.25) is 0 Å². The first-order valence-electron chi connectivity index (χ1n) is 7.36. The number of carboxylic acids is 1. The van der Waals surface area contributed by atoms with Gasteiger partial charge in [0.1, 0.15) is 12.1 Å². The van der Waals surface area contributed by atoms with E-state index in [4.69, 9.17) is 5.11 Å². The monoisotopic (exact) mass is 287 g/mol. The molecule has 1 unspecified atom stereocenters. The van der Waals surface area contributed by atoms with Gasteiger partial charge in [0.25, 0.3) is 0 Å². The van der Waals surface area contributed by atoms with E-state index in [2.05, 4.69) is 29.1 Å². The summed E-state index contributed by atoms with van der Waals surface area (Å²) in [5.74, 6) is -0.182. The maximum Gasteiger partial charge on any atom is 0.335 e. The molecule has 0 fully saturated rings. The summed E-state index contributed by atoms with van der Waals surface area (Å²) < 4.78 is 0. The maximum atomic E-state index is 11.0. The smallest absolute Gasteiger partial charge is 0.335 e. The Morgan fingerprint density at radius 2 is 2.14 bits per heavy atom. The molecule has 0 radical (unpaired) electrons. The SMILES string of the molecule is CCCCCC(C)Nc1ncnc2cc(C(=O)O)ccc12. The third-order valence-electron chi connectivity index (χ3n) is 3.51. The van der Waals surface area contributed by atoms with Crippen molar-refractivity contribution < 1.29 is 9.90 Å². The zero-order chi connectivity index (χ0) is 15.2. The fourth-order valence-electron chi connectivity index (χ4n) is 2.31. The lowest BCUT2D eigenvalue weighted by atomic mass is 10.1. The Balaban J connectivity index is 2.18. The summed E-state index contributed by atoms with van der Waals surface area (Å²) in [5, 5.41) is 13.3. The summed E-state index contributed by atoms with van der Waals surface area (Å²) in [5.41, 5.74) is 0.885. The Morgan fingerprint density at radius 3 is 2.86 bits per heavy atom. The lowest BCUT2D eigenvalue weighted by Crippen LogP contribution is -2.16. The number of nitrogens with one attached hydrogen (secondary N) is 1. The van der Waals surface area contributed by atoms with E-state index in [0.29, 0.717) is 11.6 Å². The first-order chi connectivity index (χ1) is 10.1. The molecule has 112 valence electrons. The molecule has 0 saturated carbocycles. The van der Waals surface area contributed by atoms with Crippen molar-refractivity contribution in [1.82, 2.24) is 9.97 Å². The molecule has 21 heavy (non-hydrogen) atoms. The Kier molecular flexibility index (Phi) is 5.09. The number of carbonyl (C=O) groups is 1. The van der Waals surface area contributed by atoms with Gasteiger partial charge < -0.3 is 10.4 Å². The number of nitrogens with zero attached hydrogens (tertiary/aromatic N) is 2. The number of carboxylic acid groups (broad SMARTS) is 1. The largest absolute Gasteiger partial charge is 0.478 e. The van der Waals surface area contributed by atoms with Crippen molar-refractivity contribution in [3.8, 4) is 0 Å². The van der Waals surface area contributed by atoms with Gasteiger partial charge in [0.2, 0.25) is 0 Å². The third kappa shape index (κ3) is 3.90. The molecule has 0 saturated heterocycles. The molecule has 5 nitrogen and oxygen atoms in total. The minimum atomic E-state index is -0.946. The molecule has 0 bridgehead atoms. The fourth-order valence-corrected chi connectivity index (χ4v) is 2.31. The van der Waals surface area contributed by atoms with Crippen molar-refractivity contribution >= 4 is 22.7 Å². The van der Waals surface area contributed by atoms with Crippen LogP contribution in [0.25, 0.3) is 10.9 Å². The number of fused-ring (bicyclic) bond motifs is 1. The summed E-state index contributed by atoms with van der Waals surface area (Å²) in [6, 6.07) is 5.25. The average molecular weight is 287 g/mol. The second-order valence-electron chi connectivity index (χ2n) is 5.30.